The Balaban J connectivity index is 1.32. The molecule has 0 bridgehead atoms. The predicted molar refractivity (Wildman–Crippen MR) is 144 cm³/mol. The molecule has 1 aliphatic carbocycles. The zero-order valence-corrected chi connectivity index (χ0v) is 21.9. The molecule has 4 aromatic rings. The highest BCUT2D eigenvalue weighted by Crippen LogP contribution is 2.49. The Morgan fingerprint density at radius 1 is 1.10 bits per heavy atom. The smallest absolute Gasteiger partial charge is 0.413 e. The summed E-state index contributed by atoms with van der Waals surface area (Å²) >= 11 is 6.16. The summed E-state index contributed by atoms with van der Waals surface area (Å²) in [5.41, 5.74) is 1.48. The molecule has 2 amide bonds. The highest BCUT2D eigenvalue weighted by Gasteiger charge is 2.51. The summed E-state index contributed by atoms with van der Waals surface area (Å²) in [5, 5.41) is 17.7. The SMILES string of the molecule is CC(OC(=O)Nc1c(F)cnn1-c1ccc(-c2ccc(C3(C(=O)NC#N)CC3)cc2F)cc1)c1ccccc1Cl. The van der Waals surface area contributed by atoms with Crippen LogP contribution in [0, 0.1) is 23.1 Å². The number of anilines is 1. The molecule has 202 valence electrons. The van der Waals surface area contributed by atoms with Gasteiger partial charge in [0, 0.05) is 16.1 Å². The van der Waals surface area contributed by atoms with E-state index < -0.39 is 35.2 Å². The van der Waals surface area contributed by atoms with Gasteiger partial charge in [0.25, 0.3) is 0 Å². The van der Waals surface area contributed by atoms with Crippen LogP contribution in [0.15, 0.2) is 72.9 Å². The van der Waals surface area contributed by atoms with Gasteiger partial charge in [-0.05, 0) is 55.2 Å². The fourth-order valence-corrected chi connectivity index (χ4v) is 4.85. The van der Waals surface area contributed by atoms with Gasteiger partial charge in [0.1, 0.15) is 11.9 Å². The van der Waals surface area contributed by atoms with Gasteiger partial charge < -0.3 is 4.74 Å². The molecule has 2 N–H and O–H groups in total. The fraction of sp³-hybridized carbons (Fsp3) is 0.172. The van der Waals surface area contributed by atoms with Crippen LogP contribution >= 0.6 is 11.6 Å². The minimum atomic E-state index is -0.899. The molecule has 1 aliphatic rings. The van der Waals surface area contributed by atoms with Gasteiger partial charge in [-0.25, -0.2) is 18.3 Å². The number of benzene rings is 3. The van der Waals surface area contributed by atoms with Gasteiger partial charge >= 0.3 is 6.09 Å². The van der Waals surface area contributed by atoms with Crippen LogP contribution in [0.1, 0.15) is 37.0 Å². The Morgan fingerprint density at radius 2 is 1.82 bits per heavy atom. The molecule has 40 heavy (non-hydrogen) atoms. The van der Waals surface area contributed by atoms with Gasteiger partial charge in [-0.2, -0.15) is 10.4 Å². The maximum atomic E-state index is 15.1. The standard InChI is InChI=1S/C29H22ClF2N5O3/c1-17(21-4-2-3-5-23(21)30)40-28(39)36-26-25(32)15-35-37(26)20-9-6-18(7-10-20)22-11-8-19(14-24(22)31)29(12-13-29)27(38)34-16-33/h2-11,14-15,17H,12-13H2,1H3,(H,34,38)(H,36,39). The van der Waals surface area contributed by atoms with E-state index in [9.17, 15) is 14.0 Å². The quantitative estimate of drug-likeness (QED) is 0.200. The number of aromatic nitrogens is 2. The van der Waals surface area contributed by atoms with Gasteiger partial charge in [0.15, 0.2) is 17.8 Å². The first kappa shape index (κ1) is 26.8. The molecule has 1 fully saturated rings. The minimum Gasteiger partial charge on any atom is -0.441 e. The molecule has 1 aromatic heterocycles. The average Bonchev–Trinajstić information content (AvgIpc) is 3.68. The Labute approximate surface area is 233 Å². The van der Waals surface area contributed by atoms with E-state index in [1.807, 2.05) is 0 Å². The van der Waals surface area contributed by atoms with E-state index in [0.29, 0.717) is 45.8 Å². The fourth-order valence-electron chi connectivity index (χ4n) is 4.56. The molecule has 1 atom stereocenters. The lowest BCUT2D eigenvalue weighted by Crippen LogP contribution is -2.31. The average molecular weight is 562 g/mol. The zero-order chi connectivity index (χ0) is 28.4. The van der Waals surface area contributed by atoms with Crippen LogP contribution in [0.4, 0.5) is 19.4 Å². The van der Waals surface area contributed by atoms with E-state index in [0.717, 1.165) is 6.20 Å². The van der Waals surface area contributed by atoms with Crippen molar-refractivity contribution in [2.75, 3.05) is 5.32 Å². The molecule has 0 spiro atoms. The second-order valence-electron chi connectivity index (χ2n) is 9.34. The van der Waals surface area contributed by atoms with Crippen molar-refractivity contribution in [3.05, 3.63) is 101 Å². The number of hydrogen-bond donors (Lipinski definition) is 2. The Kier molecular flexibility index (Phi) is 7.24. The van der Waals surface area contributed by atoms with Crippen LogP contribution in [-0.2, 0) is 14.9 Å². The van der Waals surface area contributed by atoms with Crippen LogP contribution in [0.2, 0.25) is 5.02 Å². The van der Waals surface area contributed by atoms with Gasteiger partial charge in [0.2, 0.25) is 5.91 Å². The molecular formula is C29H22ClF2N5O3. The largest absolute Gasteiger partial charge is 0.441 e. The van der Waals surface area contributed by atoms with Gasteiger partial charge in [-0.3, -0.25) is 15.4 Å². The van der Waals surface area contributed by atoms with Crippen molar-refractivity contribution in [2.45, 2.75) is 31.3 Å². The molecular weight excluding hydrogens is 540 g/mol. The van der Waals surface area contributed by atoms with Crippen LogP contribution in [0.5, 0.6) is 0 Å². The highest BCUT2D eigenvalue weighted by molar-refractivity contribution is 6.31. The molecule has 1 saturated carbocycles. The maximum absolute atomic E-state index is 15.1. The topological polar surface area (TPSA) is 109 Å². The van der Waals surface area contributed by atoms with E-state index in [2.05, 4.69) is 15.7 Å². The number of carbonyl (C=O) groups is 2. The third-order valence-corrected chi connectivity index (χ3v) is 7.21. The van der Waals surface area contributed by atoms with Gasteiger partial charge in [-0.1, -0.05) is 54.1 Å². The van der Waals surface area contributed by atoms with E-state index in [4.69, 9.17) is 21.6 Å². The molecule has 3 aromatic carbocycles. The van der Waals surface area contributed by atoms with Crippen molar-refractivity contribution in [2.24, 2.45) is 0 Å². The normalized spacial score (nSPS) is 14.1. The summed E-state index contributed by atoms with van der Waals surface area (Å²) in [6, 6.07) is 17.9. The van der Waals surface area contributed by atoms with Crippen molar-refractivity contribution in [3.63, 3.8) is 0 Å². The van der Waals surface area contributed by atoms with E-state index in [-0.39, 0.29) is 5.82 Å². The Hall–Kier alpha value is -4.75. The summed E-state index contributed by atoms with van der Waals surface area (Å²) < 4.78 is 36.2. The molecule has 0 aliphatic heterocycles. The number of nitrogens with zero attached hydrogens (tertiary/aromatic N) is 3. The number of carbonyl (C=O) groups excluding carboxylic acids is 2. The summed E-state index contributed by atoms with van der Waals surface area (Å²) in [6.07, 6.45) is 2.07. The number of amides is 2. The maximum Gasteiger partial charge on any atom is 0.413 e. The van der Waals surface area contributed by atoms with Crippen LogP contribution in [0.3, 0.4) is 0 Å². The molecule has 1 heterocycles. The first-order valence-electron chi connectivity index (χ1n) is 12.3. The second-order valence-corrected chi connectivity index (χ2v) is 9.74. The van der Waals surface area contributed by atoms with E-state index in [1.165, 1.54) is 10.7 Å². The summed E-state index contributed by atoms with van der Waals surface area (Å²) in [6.45, 7) is 1.64. The van der Waals surface area contributed by atoms with Crippen molar-refractivity contribution < 1.29 is 23.1 Å². The number of nitrogens with one attached hydrogen (secondary N) is 2. The van der Waals surface area contributed by atoms with Crippen LogP contribution in [-0.4, -0.2) is 21.8 Å². The lowest BCUT2D eigenvalue weighted by molar-refractivity contribution is -0.122. The van der Waals surface area contributed by atoms with E-state index in [1.54, 1.807) is 73.8 Å². The minimum absolute atomic E-state index is 0.231. The summed E-state index contributed by atoms with van der Waals surface area (Å²) in [5.74, 6) is -1.97. The highest BCUT2D eigenvalue weighted by atomic mass is 35.5. The molecule has 8 nitrogen and oxygen atoms in total. The Morgan fingerprint density at radius 3 is 2.48 bits per heavy atom. The van der Waals surface area contributed by atoms with Crippen molar-refractivity contribution in [1.82, 2.24) is 15.1 Å². The monoisotopic (exact) mass is 561 g/mol. The van der Waals surface area contributed by atoms with Crippen LogP contribution in [0.25, 0.3) is 16.8 Å². The van der Waals surface area contributed by atoms with Crippen LogP contribution < -0.4 is 10.6 Å². The molecule has 11 heteroatoms. The van der Waals surface area contributed by atoms with E-state index >= 15 is 4.39 Å². The van der Waals surface area contributed by atoms with Crippen molar-refractivity contribution >= 4 is 29.4 Å². The number of halogens is 3. The number of rotatable bonds is 7. The first-order chi connectivity index (χ1) is 19.2. The first-order valence-corrected chi connectivity index (χ1v) is 12.7. The number of hydrogen-bond acceptors (Lipinski definition) is 5. The molecule has 5 rings (SSSR count). The van der Waals surface area contributed by atoms with Crippen molar-refractivity contribution in [1.29, 1.82) is 5.26 Å². The molecule has 0 saturated heterocycles. The lowest BCUT2D eigenvalue weighted by atomic mass is 9.92. The van der Waals surface area contributed by atoms with Gasteiger partial charge in [0.05, 0.1) is 17.3 Å². The third kappa shape index (κ3) is 5.11. The summed E-state index contributed by atoms with van der Waals surface area (Å²) in [4.78, 5) is 24.8. The number of ether oxygens (including phenoxy) is 1. The van der Waals surface area contributed by atoms with Gasteiger partial charge in [-0.15, -0.1) is 0 Å². The van der Waals surface area contributed by atoms with Crippen molar-refractivity contribution in [3.8, 4) is 23.0 Å². The molecule has 0 radical (unpaired) electrons. The molecule has 1 unspecified atom stereocenters. The zero-order valence-electron chi connectivity index (χ0n) is 21.1. The lowest BCUT2D eigenvalue weighted by Gasteiger charge is -2.16. The number of nitriles is 1. The Bertz CT molecular complexity index is 1640. The second kappa shape index (κ2) is 10.8. The predicted octanol–water partition coefficient (Wildman–Crippen LogP) is 6.41. The third-order valence-electron chi connectivity index (χ3n) is 6.87. The summed E-state index contributed by atoms with van der Waals surface area (Å²) in [7, 11) is 0.